The van der Waals surface area contributed by atoms with Crippen LogP contribution in [-0.4, -0.2) is 22.4 Å². The van der Waals surface area contributed by atoms with Gasteiger partial charge in [0.15, 0.2) is 17.5 Å². The Kier molecular flexibility index (Phi) is 6.28. The summed E-state index contributed by atoms with van der Waals surface area (Å²) in [6.45, 7) is 2.33. The molecule has 0 fully saturated rings. The minimum atomic E-state index is -1.64. The first-order valence-electron chi connectivity index (χ1n) is 9.16. The van der Waals surface area contributed by atoms with E-state index in [0.717, 1.165) is 31.4 Å². The SMILES string of the molecule is Cc1cc(C(=O)Nc2ccc(F)c(F)c2F)nc(NCCC2=CCCCC2)n1. The van der Waals surface area contributed by atoms with E-state index in [-0.39, 0.29) is 11.6 Å². The van der Waals surface area contributed by atoms with E-state index in [0.29, 0.717) is 12.2 Å². The van der Waals surface area contributed by atoms with Gasteiger partial charge in [0, 0.05) is 12.2 Å². The summed E-state index contributed by atoms with van der Waals surface area (Å²) >= 11 is 0. The second-order valence-electron chi connectivity index (χ2n) is 6.68. The number of anilines is 2. The molecule has 0 aliphatic heterocycles. The minimum Gasteiger partial charge on any atom is -0.354 e. The lowest BCUT2D eigenvalue weighted by atomic mass is 9.97. The average Bonchev–Trinajstić information content (AvgIpc) is 2.69. The molecule has 1 amide bonds. The van der Waals surface area contributed by atoms with Crippen molar-refractivity contribution in [2.24, 2.45) is 0 Å². The molecule has 148 valence electrons. The highest BCUT2D eigenvalue weighted by atomic mass is 19.2. The molecule has 0 saturated heterocycles. The van der Waals surface area contributed by atoms with Gasteiger partial charge >= 0.3 is 0 Å². The van der Waals surface area contributed by atoms with Crippen LogP contribution in [0.25, 0.3) is 0 Å². The van der Waals surface area contributed by atoms with Crippen molar-refractivity contribution in [3.05, 3.63) is 58.7 Å². The van der Waals surface area contributed by atoms with Gasteiger partial charge < -0.3 is 10.6 Å². The average molecular weight is 390 g/mol. The topological polar surface area (TPSA) is 66.9 Å². The number of amides is 1. The molecule has 1 heterocycles. The molecular formula is C20H21F3N4O. The molecule has 1 aliphatic rings. The largest absolute Gasteiger partial charge is 0.354 e. The lowest BCUT2D eigenvalue weighted by molar-refractivity contribution is 0.102. The van der Waals surface area contributed by atoms with Crippen LogP contribution in [0.3, 0.4) is 0 Å². The molecule has 1 aromatic heterocycles. The maximum absolute atomic E-state index is 13.8. The number of carbonyl (C=O) groups excluding carboxylic acids is 1. The molecule has 0 bridgehead atoms. The number of aromatic nitrogens is 2. The number of carbonyl (C=O) groups is 1. The molecule has 3 rings (SSSR count). The number of nitrogens with one attached hydrogen (secondary N) is 2. The van der Waals surface area contributed by atoms with Gasteiger partial charge in [0.2, 0.25) is 5.95 Å². The van der Waals surface area contributed by atoms with Crippen molar-refractivity contribution in [3.63, 3.8) is 0 Å². The number of nitrogens with zero attached hydrogens (tertiary/aromatic N) is 2. The molecule has 0 saturated carbocycles. The van der Waals surface area contributed by atoms with Gasteiger partial charge in [0.05, 0.1) is 5.69 Å². The normalized spacial score (nSPS) is 13.8. The first-order chi connectivity index (χ1) is 13.4. The number of hydrogen-bond acceptors (Lipinski definition) is 4. The first kappa shape index (κ1) is 19.9. The standard InChI is InChI=1S/C20H21F3N4O/c1-12-11-16(19(28)26-15-8-7-14(21)17(22)18(15)23)27-20(25-12)24-10-9-13-5-3-2-4-6-13/h5,7-8,11H,2-4,6,9-10H2,1H3,(H,26,28)(H,24,25,27). The summed E-state index contributed by atoms with van der Waals surface area (Å²) in [7, 11) is 0. The van der Waals surface area contributed by atoms with Crippen molar-refractivity contribution in [2.75, 3.05) is 17.2 Å². The van der Waals surface area contributed by atoms with Crippen molar-refractivity contribution >= 4 is 17.5 Å². The predicted octanol–water partition coefficient (Wildman–Crippen LogP) is 4.76. The van der Waals surface area contributed by atoms with Crippen molar-refractivity contribution in [3.8, 4) is 0 Å². The summed E-state index contributed by atoms with van der Waals surface area (Å²) in [6, 6.07) is 3.13. The number of benzene rings is 1. The molecule has 2 N–H and O–H groups in total. The smallest absolute Gasteiger partial charge is 0.274 e. The Morgan fingerprint density at radius 2 is 1.96 bits per heavy atom. The molecule has 0 unspecified atom stereocenters. The lowest BCUT2D eigenvalue weighted by Crippen LogP contribution is -2.17. The van der Waals surface area contributed by atoms with Crippen molar-refractivity contribution in [2.45, 2.75) is 39.0 Å². The number of allylic oxidation sites excluding steroid dienone is 1. The zero-order chi connectivity index (χ0) is 20.1. The van der Waals surface area contributed by atoms with Crippen LogP contribution in [0.1, 0.15) is 48.3 Å². The van der Waals surface area contributed by atoms with Crippen molar-refractivity contribution in [1.29, 1.82) is 0 Å². The van der Waals surface area contributed by atoms with E-state index in [4.69, 9.17) is 0 Å². The molecule has 0 atom stereocenters. The highest BCUT2D eigenvalue weighted by molar-refractivity contribution is 6.03. The van der Waals surface area contributed by atoms with Crippen LogP contribution in [0.4, 0.5) is 24.8 Å². The summed E-state index contributed by atoms with van der Waals surface area (Å²) in [4.78, 5) is 20.7. The number of rotatable bonds is 6. The van der Waals surface area contributed by atoms with Gasteiger partial charge in [-0.1, -0.05) is 11.6 Å². The second kappa shape index (κ2) is 8.86. The molecule has 5 nitrogen and oxygen atoms in total. The summed E-state index contributed by atoms with van der Waals surface area (Å²) in [5.74, 6) is -4.89. The number of hydrogen-bond donors (Lipinski definition) is 2. The van der Waals surface area contributed by atoms with Crippen LogP contribution in [0.5, 0.6) is 0 Å². The van der Waals surface area contributed by atoms with Gasteiger partial charge in [-0.3, -0.25) is 4.79 Å². The van der Waals surface area contributed by atoms with Crippen molar-refractivity contribution < 1.29 is 18.0 Å². The lowest BCUT2D eigenvalue weighted by Gasteiger charge is -2.13. The predicted molar refractivity (Wildman–Crippen MR) is 101 cm³/mol. The third-order valence-electron chi connectivity index (χ3n) is 4.48. The van der Waals surface area contributed by atoms with Crippen LogP contribution < -0.4 is 10.6 Å². The van der Waals surface area contributed by atoms with E-state index >= 15 is 0 Å². The Hall–Kier alpha value is -2.90. The number of halogens is 3. The van der Waals surface area contributed by atoms with Gasteiger partial charge in [0.25, 0.3) is 5.91 Å². The van der Waals surface area contributed by atoms with E-state index in [2.05, 4.69) is 26.7 Å². The Balaban J connectivity index is 1.67. The molecule has 28 heavy (non-hydrogen) atoms. The summed E-state index contributed by atoms with van der Waals surface area (Å²) < 4.78 is 40.1. The Bertz CT molecular complexity index is 915. The summed E-state index contributed by atoms with van der Waals surface area (Å²) in [5.41, 5.74) is 1.48. The van der Waals surface area contributed by atoms with Gasteiger partial charge in [-0.25, -0.2) is 23.1 Å². The molecule has 0 radical (unpaired) electrons. The van der Waals surface area contributed by atoms with Crippen LogP contribution in [0.2, 0.25) is 0 Å². The summed E-state index contributed by atoms with van der Waals surface area (Å²) in [6.07, 6.45) is 7.79. The highest BCUT2D eigenvalue weighted by Crippen LogP contribution is 2.21. The second-order valence-corrected chi connectivity index (χ2v) is 6.68. The summed E-state index contributed by atoms with van der Waals surface area (Å²) in [5, 5.41) is 5.30. The van der Waals surface area contributed by atoms with Gasteiger partial charge in [0.1, 0.15) is 5.69 Å². The van der Waals surface area contributed by atoms with Crippen LogP contribution >= 0.6 is 0 Å². The van der Waals surface area contributed by atoms with Crippen molar-refractivity contribution in [1.82, 2.24) is 9.97 Å². The quantitative estimate of drug-likeness (QED) is 0.551. The third-order valence-corrected chi connectivity index (χ3v) is 4.48. The molecule has 2 aromatic rings. The highest BCUT2D eigenvalue weighted by Gasteiger charge is 2.17. The molecular weight excluding hydrogens is 369 g/mol. The van der Waals surface area contributed by atoms with Gasteiger partial charge in [-0.15, -0.1) is 0 Å². The monoisotopic (exact) mass is 390 g/mol. The van der Waals surface area contributed by atoms with E-state index < -0.39 is 29.0 Å². The van der Waals surface area contributed by atoms with Gasteiger partial charge in [-0.05, 0) is 57.2 Å². The van der Waals surface area contributed by atoms with E-state index in [9.17, 15) is 18.0 Å². The Morgan fingerprint density at radius 3 is 2.71 bits per heavy atom. The Labute approximate surface area is 161 Å². The molecule has 1 aliphatic carbocycles. The fourth-order valence-electron chi connectivity index (χ4n) is 3.04. The molecule has 8 heteroatoms. The number of aryl methyl sites for hydroxylation is 1. The maximum atomic E-state index is 13.8. The van der Waals surface area contributed by atoms with E-state index in [1.165, 1.54) is 24.5 Å². The molecule has 0 spiro atoms. The Morgan fingerprint density at radius 1 is 1.14 bits per heavy atom. The molecule has 1 aromatic carbocycles. The maximum Gasteiger partial charge on any atom is 0.274 e. The fourth-order valence-corrected chi connectivity index (χ4v) is 3.04. The van der Waals surface area contributed by atoms with Crippen LogP contribution in [0.15, 0.2) is 29.8 Å². The van der Waals surface area contributed by atoms with E-state index in [1.807, 2.05) is 0 Å². The van der Waals surface area contributed by atoms with Crippen LogP contribution in [0, 0.1) is 24.4 Å². The van der Waals surface area contributed by atoms with Crippen LogP contribution in [-0.2, 0) is 0 Å². The first-order valence-corrected chi connectivity index (χ1v) is 9.16. The van der Waals surface area contributed by atoms with Gasteiger partial charge in [-0.2, -0.15) is 0 Å². The zero-order valence-electron chi connectivity index (χ0n) is 15.5. The van der Waals surface area contributed by atoms with E-state index in [1.54, 1.807) is 6.92 Å². The third kappa shape index (κ3) is 4.88. The zero-order valence-corrected chi connectivity index (χ0v) is 15.5. The minimum absolute atomic E-state index is 0.00369. The fraction of sp³-hybridized carbons (Fsp3) is 0.350.